The molecule has 3 unspecified atom stereocenters. The van der Waals surface area contributed by atoms with Crippen LogP contribution in [0.2, 0.25) is 0 Å². The highest BCUT2D eigenvalue weighted by Crippen LogP contribution is 2.68. The Balaban J connectivity index is 1.81. The number of likely N-dealkylation sites (N-methyl/N-ethyl adjacent to an activating group) is 1. The average molecular weight is 577 g/mol. The van der Waals surface area contributed by atoms with Crippen LogP contribution in [0.1, 0.15) is 17.5 Å². The molecule has 3 saturated heterocycles. The summed E-state index contributed by atoms with van der Waals surface area (Å²) in [5, 5.41) is 9.75. The fourth-order valence-corrected chi connectivity index (χ4v) is 9.77. The van der Waals surface area contributed by atoms with E-state index < -0.39 is 22.6 Å². The van der Waals surface area contributed by atoms with Crippen molar-refractivity contribution >= 4 is 51.1 Å². The van der Waals surface area contributed by atoms with Crippen LogP contribution in [-0.2, 0) is 14.4 Å². The summed E-state index contributed by atoms with van der Waals surface area (Å²) in [6.45, 7) is 12.0. The molecule has 1 N–H and O–H groups in total. The molecule has 1 aromatic carbocycles. The van der Waals surface area contributed by atoms with Gasteiger partial charge in [-0.05, 0) is 37.5 Å². The predicted octanol–water partition coefficient (Wildman–Crippen LogP) is 2.92. The summed E-state index contributed by atoms with van der Waals surface area (Å²) < 4.78 is -0.755. The minimum absolute atomic E-state index is 0.00410. The monoisotopic (exact) mass is 575 g/mol. The quantitative estimate of drug-likeness (QED) is 0.361. The van der Waals surface area contributed by atoms with Gasteiger partial charge in [0.15, 0.2) is 0 Å². The van der Waals surface area contributed by atoms with Crippen molar-refractivity contribution in [1.82, 2.24) is 9.80 Å². The number of carbonyl (C=O) groups excluding carboxylic acids is 3. The second-order valence-corrected chi connectivity index (χ2v) is 12.7. The Bertz CT molecular complexity index is 1100. The molecular weight excluding hydrogens is 542 g/mol. The number of likely N-dealkylation sites (tertiary alicyclic amines) is 1. The zero-order valence-corrected chi connectivity index (χ0v) is 23.4. The number of fused-ring (bicyclic) bond motifs is 1. The molecule has 3 heterocycles. The van der Waals surface area contributed by atoms with Crippen molar-refractivity contribution in [2.75, 3.05) is 38.2 Å². The molecule has 9 heteroatoms. The Morgan fingerprint density at radius 2 is 1.94 bits per heavy atom. The normalized spacial score (nSPS) is 30.3. The van der Waals surface area contributed by atoms with Gasteiger partial charge in [0.25, 0.3) is 5.91 Å². The van der Waals surface area contributed by atoms with Gasteiger partial charge in [-0.3, -0.25) is 14.4 Å². The van der Waals surface area contributed by atoms with Crippen LogP contribution in [0.4, 0.5) is 5.69 Å². The molecule has 2 bridgehead atoms. The van der Waals surface area contributed by atoms with E-state index in [1.807, 2.05) is 32.0 Å². The summed E-state index contributed by atoms with van der Waals surface area (Å²) in [4.78, 5) is 46.7. The van der Waals surface area contributed by atoms with E-state index in [2.05, 4.69) is 29.1 Å². The number of aryl methyl sites for hydroxylation is 2. The molecule has 0 radical (unpaired) electrons. The molecule has 6 atom stereocenters. The standard InChI is InChI=1S/C27H34BrN3O4S/c1-6-10-29(5)24(33)20-21-25(34)31(12-13-32)23(27(21)15-18(28)22(20)36-27)26(35)30(11-7-2)19-14-16(3)8-9-17(19)4/h6-9,14,18,20-23,32H,1-2,10-13,15H2,3-5H3/t18?,20-,21-,22-,23?,27?/m0/s1. The van der Waals surface area contributed by atoms with Gasteiger partial charge in [-0.15, -0.1) is 24.9 Å². The van der Waals surface area contributed by atoms with Crippen LogP contribution in [0.3, 0.4) is 0 Å². The van der Waals surface area contributed by atoms with Gasteiger partial charge < -0.3 is 19.8 Å². The molecule has 3 aliphatic heterocycles. The van der Waals surface area contributed by atoms with E-state index in [1.54, 1.807) is 40.8 Å². The van der Waals surface area contributed by atoms with Crippen LogP contribution >= 0.6 is 27.7 Å². The lowest BCUT2D eigenvalue weighted by Crippen LogP contribution is -2.56. The number of anilines is 1. The van der Waals surface area contributed by atoms with Crippen molar-refractivity contribution in [3.63, 3.8) is 0 Å². The largest absolute Gasteiger partial charge is 0.395 e. The Hall–Kier alpha value is -2.10. The third-order valence-electron chi connectivity index (χ3n) is 7.66. The number of nitrogens with zero attached hydrogens (tertiary/aromatic N) is 3. The maximum atomic E-state index is 14.4. The number of benzene rings is 1. The lowest BCUT2D eigenvalue weighted by Gasteiger charge is -2.38. The second kappa shape index (κ2) is 10.3. The number of hydrogen-bond donors (Lipinski definition) is 1. The highest BCUT2D eigenvalue weighted by molar-refractivity contribution is 9.09. The zero-order valence-electron chi connectivity index (χ0n) is 21.0. The average Bonchev–Trinajstić information content (AvgIpc) is 3.42. The minimum Gasteiger partial charge on any atom is -0.395 e. The van der Waals surface area contributed by atoms with E-state index in [-0.39, 0.29) is 47.5 Å². The number of carbonyl (C=O) groups is 3. The number of rotatable bonds is 9. The zero-order chi connectivity index (χ0) is 26.4. The number of alkyl halides is 1. The lowest BCUT2D eigenvalue weighted by atomic mass is 9.70. The molecule has 1 aromatic rings. The molecule has 4 rings (SSSR count). The topological polar surface area (TPSA) is 81.2 Å². The van der Waals surface area contributed by atoms with Crippen molar-refractivity contribution in [1.29, 1.82) is 0 Å². The molecule has 3 amide bonds. The number of halogens is 1. The molecule has 0 aliphatic carbocycles. The van der Waals surface area contributed by atoms with Gasteiger partial charge in [0.2, 0.25) is 11.8 Å². The van der Waals surface area contributed by atoms with E-state index >= 15 is 0 Å². The first kappa shape index (κ1) is 26.9. The third kappa shape index (κ3) is 4.13. The van der Waals surface area contributed by atoms with E-state index in [1.165, 1.54) is 4.90 Å². The maximum absolute atomic E-state index is 14.4. The van der Waals surface area contributed by atoms with Gasteiger partial charge in [-0.25, -0.2) is 0 Å². The summed E-state index contributed by atoms with van der Waals surface area (Å²) in [5.74, 6) is -1.69. The van der Waals surface area contributed by atoms with Crippen LogP contribution in [0.25, 0.3) is 0 Å². The number of β-amino-alcohol motifs (C(OH)–C–C–N with tert-alkyl or cyclic N) is 1. The van der Waals surface area contributed by atoms with E-state index in [4.69, 9.17) is 0 Å². The molecule has 1 spiro atoms. The number of amides is 3. The fraction of sp³-hybridized carbons (Fsp3) is 0.519. The molecule has 7 nitrogen and oxygen atoms in total. The van der Waals surface area contributed by atoms with Gasteiger partial charge in [-0.2, -0.15) is 0 Å². The number of aliphatic hydroxyl groups excluding tert-OH is 1. The Kier molecular flexibility index (Phi) is 7.74. The molecule has 194 valence electrons. The second-order valence-electron chi connectivity index (χ2n) is 9.95. The van der Waals surface area contributed by atoms with Crippen molar-refractivity contribution in [3.8, 4) is 0 Å². The third-order valence-corrected chi connectivity index (χ3v) is 10.9. The van der Waals surface area contributed by atoms with Gasteiger partial charge in [-0.1, -0.05) is 40.2 Å². The summed E-state index contributed by atoms with van der Waals surface area (Å²) in [7, 11) is 1.72. The fourth-order valence-electron chi connectivity index (χ4n) is 6.17. The summed E-state index contributed by atoms with van der Waals surface area (Å²) >= 11 is 5.38. The molecule has 0 saturated carbocycles. The number of hydrogen-bond acceptors (Lipinski definition) is 5. The van der Waals surface area contributed by atoms with Crippen LogP contribution in [0.5, 0.6) is 0 Å². The van der Waals surface area contributed by atoms with Crippen LogP contribution in [-0.4, -0.2) is 86.8 Å². The SMILES string of the molecule is C=CCN(C)C(=O)[C@H]1[C@H]2C(=O)N(CCO)C(C(=O)N(CC=C)c3cc(C)ccc3C)C23CC(Br)[C@@H]1S3. The van der Waals surface area contributed by atoms with Crippen molar-refractivity contribution in [2.45, 2.75) is 41.1 Å². The Morgan fingerprint density at radius 3 is 2.58 bits per heavy atom. The highest BCUT2D eigenvalue weighted by atomic mass is 79.9. The predicted molar refractivity (Wildman–Crippen MR) is 147 cm³/mol. The van der Waals surface area contributed by atoms with Gasteiger partial charge in [0.05, 0.1) is 23.2 Å². The van der Waals surface area contributed by atoms with Crippen LogP contribution in [0.15, 0.2) is 43.5 Å². The molecule has 3 fully saturated rings. The minimum atomic E-state index is -0.792. The summed E-state index contributed by atoms with van der Waals surface area (Å²) in [5.41, 5.74) is 2.75. The van der Waals surface area contributed by atoms with Crippen LogP contribution in [0, 0.1) is 25.7 Å². The van der Waals surface area contributed by atoms with E-state index in [9.17, 15) is 19.5 Å². The van der Waals surface area contributed by atoms with Crippen molar-refractivity contribution < 1.29 is 19.5 Å². The van der Waals surface area contributed by atoms with E-state index in [0.29, 0.717) is 13.0 Å². The summed E-state index contributed by atoms with van der Waals surface area (Å²) in [6.07, 6.45) is 3.95. The Morgan fingerprint density at radius 1 is 1.25 bits per heavy atom. The molecule has 0 aromatic heterocycles. The Labute approximate surface area is 225 Å². The molecular formula is C27H34BrN3O4S. The summed E-state index contributed by atoms with van der Waals surface area (Å²) in [6, 6.07) is 5.16. The smallest absolute Gasteiger partial charge is 0.251 e. The van der Waals surface area contributed by atoms with E-state index in [0.717, 1.165) is 16.8 Å². The van der Waals surface area contributed by atoms with Crippen molar-refractivity contribution in [3.05, 3.63) is 54.6 Å². The van der Waals surface area contributed by atoms with Gasteiger partial charge in [0.1, 0.15) is 6.04 Å². The maximum Gasteiger partial charge on any atom is 0.251 e. The van der Waals surface area contributed by atoms with Crippen molar-refractivity contribution in [2.24, 2.45) is 11.8 Å². The first-order valence-corrected chi connectivity index (χ1v) is 14.0. The molecule has 36 heavy (non-hydrogen) atoms. The van der Waals surface area contributed by atoms with Gasteiger partial charge in [0, 0.05) is 42.4 Å². The molecule has 3 aliphatic rings. The first-order valence-electron chi connectivity index (χ1n) is 12.2. The number of aliphatic hydroxyl groups is 1. The first-order chi connectivity index (χ1) is 17.1. The van der Waals surface area contributed by atoms with Crippen LogP contribution < -0.4 is 4.90 Å². The number of thioether (sulfide) groups is 1. The lowest BCUT2D eigenvalue weighted by molar-refractivity contribution is -0.143. The highest BCUT2D eigenvalue weighted by Gasteiger charge is 2.76. The van der Waals surface area contributed by atoms with Gasteiger partial charge >= 0.3 is 0 Å².